The SMILES string of the molecule is CCC(CO)NCc1ccc(-c2ccc(C(=O)OC)cc2)o1.[Cl-]. The molecule has 1 atom stereocenters. The molecule has 0 amide bonds. The van der Waals surface area contributed by atoms with Crippen LogP contribution in [0.15, 0.2) is 40.8 Å². The number of furan rings is 1. The number of halogens is 1. The van der Waals surface area contributed by atoms with E-state index in [1.54, 1.807) is 12.1 Å². The van der Waals surface area contributed by atoms with Crippen molar-refractivity contribution in [3.63, 3.8) is 0 Å². The second kappa shape index (κ2) is 9.35. The summed E-state index contributed by atoms with van der Waals surface area (Å²) >= 11 is 0. The molecule has 2 rings (SSSR count). The van der Waals surface area contributed by atoms with Crippen LogP contribution in [-0.4, -0.2) is 30.8 Å². The summed E-state index contributed by atoms with van der Waals surface area (Å²) in [5.41, 5.74) is 1.40. The number of nitrogens with one attached hydrogen (secondary N) is 1. The fourth-order valence-electron chi connectivity index (χ4n) is 2.10. The summed E-state index contributed by atoms with van der Waals surface area (Å²) in [6, 6.07) is 10.9. The first-order valence-corrected chi connectivity index (χ1v) is 7.29. The lowest BCUT2D eigenvalue weighted by Gasteiger charge is -2.12. The molecule has 1 heterocycles. The highest BCUT2D eigenvalue weighted by Crippen LogP contribution is 2.22. The normalized spacial score (nSPS) is 11.6. The van der Waals surface area contributed by atoms with Gasteiger partial charge in [-0.2, -0.15) is 0 Å². The average molecular weight is 339 g/mol. The first kappa shape index (κ1) is 19.2. The molecule has 1 aromatic carbocycles. The predicted octanol–water partition coefficient (Wildman–Crippen LogP) is -0.402. The third-order valence-electron chi connectivity index (χ3n) is 3.53. The van der Waals surface area contributed by atoms with Crippen LogP contribution in [0.25, 0.3) is 11.3 Å². The maximum atomic E-state index is 11.4. The van der Waals surface area contributed by atoms with Crippen molar-refractivity contribution in [2.75, 3.05) is 13.7 Å². The Morgan fingerprint density at radius 2 is 1.96 bits per heavy atom. The van der Waals surface area contributed by atoms with E-state index < -0.39 is 0 Å². The summed E-state index contributed by atoms with van der Waals surface area (Å²) in [6.07, 6.45) is 0.860. The van der Waals surface area contributed by atoms with Gasteiger partial charge < -0.3 is 32.0 Å². The number of hydrogen-bond acceptors (Lipinski definition) is 5. The number of aliphatic hydroxyl groups is 1. The summed E-state index contributed by atoms with van der Waals surface area (Å²) in [5, 5.41) is 12.4. The van der Waals surface area contributed by atoms with Crippen LogP contribution >= 0.6 is 0 Å². The Hall–Kier alpha value is -1.82. The molecule has 0 spiro atoms. The van der Waals surface area contributed by atoms with Gasteiger partial charge in [-0.3, -0.25) is 0 Å². The van der Waals surface area contributed by atoms with Gasteiger partial charge in [0.2, 0.25) is 0 Å². The van der Waals surface area contributed by atoms with Crippen LogP contribution in [0.3, 0.4) is 0 Å². The molecule has 0 fully saturated rings. The Morgan fingerprint density at radius 3 is 2.52 bits per heavy atom. The number of ether oxygens (including phenoxy) is 1. The smallest absolute Gasteiger partial charge is 0.337 e. The van der Waals surface area contributed by atoms with Crippen molar-refractivity contribution in [1.29, 1.82) is 0 Å². The molecule has 0 saturated carbocycles. The number of benzene rings is 1. The standard InChI is InChI=1S/C17H21NO4.ClH/c1-3-14(11-19)18-10-15-8-9-16(22-15)12-4-6-13(7-5-12)17(20)21-2;/h4-9,14,18-19H,3,10-11H2,1-2H3;1H/p-1. The van der Waals surface area contributed by atoms with Crippen LogP contribution in [0.2, 0.25) is 0 Å². The minimum absolute atomic E-state index is 0. The van der Waals surface area contributed by atoms with Crippen molar-refractivity contribution in [1.82, 2.24) is 5.32 Å². The number of carbonyl (C=O) groups excluding carboxylic acids is 1. The number of hydrogen-bond donors (Lipinski definition) is 2. The first-order valence-electron chi connectivity index (χ1n) is 7.29. The van der Waals surface area contributed by atoms with E-state index in [9.17, 15) is 4.79 Å². The Balaban J connectivity index is 0.00000264. The number of methoxy groups -OCH3 is 1. The number of rotatable bonds is 7. The van der Waals surface area contributed by atoms with Crippen LogP contribution in [0.1, 0.15) is 29.5 Å². The van der Waals surface area contributed by atoms with E-state index in [2.05, 4.69) is 10.1 Å². The molecule has 0 aliphatic rings. The van der Waals surface area contributed by atoms with Crippen molar-refractivity contribution in [3.05, 3.63) is 47.7 Å². The van der Waals surface area contributed by atoms with Crippen LogP contribution in [0.5, 0.6) is 0 Å². The summed E-state index contributed by atoms with van der Waals surface area (Å²) in [5.74, 6) is 1.19. The minimum Gasteiger partial charge on any atom is -1.00 e. The molecule has 1 aromatic heterocycles. The van der Waals surface area contributed by atoms with E-state index in [0.29, 0.717) is 12.1 Å². The third kappa shape index (κ3) is 5.10. The molecule has 0 saturated heterocycles. The van der Waals surface area contributed by atoms with Gasteiger partial charge in [0, 0.05) is 11.6 Å². The van der Waals surface area contributed by atoms with Crippen LogP contribution in [0, 0.1) is 0 Å². The Kier molecular flexibility index (Phi) is 7.81. The van der Waals surface area contributed by atoms with Crippen LogP contribution in [-0.2, 0) is 11.3 Å². The van der Waals surface area contributed by atoms with Crippen molar-refractivity contribution < 1.29 is 31.5 Å². The van der Waals surface area contributed by atoms with Gasteiger partial charge in [-0.15, -0.1) is 0 Å². The average Bonchev–Trinajstić information content (AvgIpc) is 3.04. The fourth-order valence-corrected chi connectivity index (χ4v) is 2.10. The van der Waals surface area contributed by atoms with Crippen LogP contribution < -0.4 is 17.7 Å². The zero-order valence-electron chi connectivity index (χ0n) is 13.2. The number of carbonyl (C=O) groups is 1. The lowest BCUT2D eigenvalue weighted by molar-refractivity contribution is -0.0000207. The minimum atomic E-state index is -0.356. The molecule has 0 aliphatic heterocycles. The van der Waals surface area contributed by atoms with Crippen LogP contribution in [0.4, 0.5) is 0 Å². The topological polar surface area (TPSA) is 71.7 Å². The van der Waals surface area contributed by atoms with E-state index in [1.807, 2.05) is 31.2 Å². The molecule has 1 unspecified atom stereocenters. The molecular formula is C17H21ClNO4-. The quantitative estimate of drug-likeness (QED) is 0.672. The third-order valence-corrected chi connectivity index (χ3v) is 3.53. The van der Waals surface area contributed by atoms with E-state index >= 15 is 0 Å². The van der Waals surface area contributed by atoms with Gasteiger partial charge >= 0.3 is 5.97 Å². The van der Waals surface area contributed by atoms with Gasteiger partial charge in [0.15, 0.2) is 0 Å². The summed E-state index contributed by atoms with van der Waals surface area (Å²) in [6.45, 7) is 2.70. The second-order valence-corrected chi connectivity index (χ2v) is 5.00. The molecule has 0 aliphatic carbocycles. The lowest BCUT2D eigenvalue weighted by atomic mass is 10.1. The van der Waals surface area contributed by atoms with E-state index in [4.69, 9.17) is 9.52 Å². The molecule has 0 bridgehead atoms. The maximum absolute atomic E-state index is 11.4. The van der Waals surface area contributed by atoms with Gasteiger partial charge in [-0.1, -0.05) is 19.1 Å². The van der Waals surface area contributed by atoms with Crippen molar-refractivity contribution in [2.24, 2.45) is 0 Å². The maximum Gasteiger partial charge on any atom is 0.337 e. The Labute approximate surface area is 142 Å². The molecule has 0 radical (unpaired) electrons. The molecule has 6 heteroatoms. The molecule has 2 aromatic rings. The number of esters is 1. The highest BCUT2D eigenvalue weighted by Gasteiger charge is 2.09. The van der Waals surface area contributed by atoms with E-state index in [1.165, 1.54) is 7.11 Å². The molecule has 126 valence electrons. The summed E-state index contributed by atoms with van der Waals surface area (Å²) < 4.78 is 10.4. The van der Waals surface area contributed by atoms with Crippen molar-refractivity contribution >= 4 is 5.97 Å². The Bertz CT molecular complexity index is 605. The number of aliphatic hydroxyl groups excluding tert-OH is 1. The van der Waals surface area contributed by atoms with Gasteiger partial charge in [0.05, 0.1) is 25.8 Å². The lowest BCUT2D eigenvalue weighted by Crippen LogP contribution is -3.00. The monoisotopic (exact) mass is 338 g/mol. The van der Waals surface area contributed by atoms with E-state index in [0.717, 1.165) is 23.5 Å². The zero-order chi connectivity index (χ0) is 15.9. The summed E-state index contributed by atoms with van der Waals surface area (Å²) in [7, 11) is 1.36. The van der Waals surface area contributed by atoms with Crippen molar-refractivity contribution in [3.8, 4) is 11.3 Å². The predicted molar refractivity (Wildman–Crippen MR) is 83.5 cm³/mol. The van der Waals surface area contributed by atoms with Gasteiger partial charge in [-0.05, 0) is 30.7 Å². The van der Waals surface area contributed by atoms with Gasteiger partial charge in [0.25, 0.3) is 0 Å². The highest BCUT2D eigenvalue weighted by molar-refractivity contribution is 5.89. The Morgan fingerprint density at radius 1 is 1.26 bits per heavy atom. The molecule has 5 nitrogen and oxygen atoms in total. The van der Waals surface area contributed by atoms with Gasteiger partial charge in [-0.25, -0.2) is 4.79 Å². The van der Waals surface area contributed by atoms with Crippen molar-refractivity contribution in [2.45, 2.75) is 25.9 Å². The fraction of sp³-hybridized carbons (Fsp3) is 0.353. The molecule has 2 N–H and O–H groups in total. The largest absolute Gasteiger partial charge is 1.00 e. The molecular weight excluding hydrogens is 318 g/mol. The first-order chi connectivity index (χ1) is 10.7. The highest BCUT2D eigenvalue weighted by atomic mass is 35.5. The van der Waals surface area contributed by atoms with Gasteiger partial charge in [0.1, 0.15) is 11.5 Å². The second-order valence-electron chi connectivity index (χ2n) is 5.00. The molecule has 23 heavy (non-hydrogen) atoms. The zero-order valence-corrected chi connectivity index (χ0v) is 14.0. The summed E-state index contributed by atoms with van der Waals surface area (Å²) in [4.78, 5) is 11.4. The van der Waals surface area contributed by atoms with E-state index in [-0.39, 0.29) is 31.0 Å².